The van der Waals surface area contributed by atoms with Gasteiger partial charge < -0.3 is 19.5 Å². The Morgan fingerprint density at radius 3 is 1.81 bits per heavy atom. The molecular weight excluding hydrogens is 736 g/mol. The Morgan fingerprint density at radius 1 is 0.741 bits per heavy atom. The van der Waals surface area contributed by atoms with Gasteiger partial charge in [0.05, 0.1) is 11.6 Å². The van der Waals surface area contributed by atoms with Crippen molar-refractivity contribution in [2.45, 2.75) is 144 Å². The van der Waals surface area contributed by atoms with Crippen molar-refractivity contribution in [3.63, 3.8) is 0 Å². The normalized spacial score (nSPS) is 16.5. The third-order valence-electron chi connectivity index (χ3n) is 12.5. The van der Waals surface area contributed by atoms with Gasteiger partial charge in [-0.25, -0.2) is 0 Å². The first-order valence-corrected chi connectivity index (χ1v) is 23.9. The van der Waals surface area contributed by atoms with Gasteiger partial charge in [-0.1, -0.05) is 121 Å². The fourth-order valence-corrected chi connectivity index (χ4v) is 13.7. The van der Waals surface area contributed by atoms with Crippen LogP contribution in [0.1, 0.15) is 128 Å². The largest absolute Gasteiger partial charge is 0.545 e. The molecule has 0 N–H and O–H groups in total. The summed E-state index contributed by atoms with van der Waals surface area (Å²) in [5.74, 6) is 2.81. The number of hydrogen-bond donors (Lipinski definition) is 0. The van der Waals surface area contributed by atoms with Crippen molar-refractivity contribution in [1.29, 1.82) is 0 Å². The molecule has 0 saturated carbocycles. The van der Waals surface area contributed by atoms with E-state index in [0.717, 1.165) is 59.3 Å². The van der Waals surface area contributed by atoms with Crippen LogP contribution in [0, 0.1) is 32.6 Å². The summed E-state index contributed by atoms with van der Waals surface area (Å²) in [6.45, 7) is 23.8. The summed E-state index contributed by atoms with van der Waals surface area (Å²) in [7, 11) is -1.72. The molecule has 0 fully saturated rings. The Kier molecular flexibility index (Phi) is 18.7. The maximum absolute atomic E-state index is 10.6. The number of hydrogen-bond acceptors (Lipinski definition) is 5. The van der Waals surface area contributed by atoms with Crippen molar-refractivity contribution in [2.24, 2.45) is 11.8 Å². The van der Waals surface area contributed by atoms with Crippen LogP contribution in [0.2, 0.25) is 0 Å². The predicted molar refractivity (Wildman–Crippen MR) is 246 cm³/mol. The quantitative estimate of drug-likeness (QED) is 0.0276. The summed E-state index contributed by atoms with van der Waals surface area (Å²) in [5.41, 5.74) is 5.10. The Hall–Kier alpha value is -3.79. The summed E-state index contributed by atoms with van der Waals surface area (Å²) >= 11 is 0. The van der Waals surface area contributed by atoms with Crippen molar-refractivity contribution in [1.82, 2.24) is 0 Å². The van der Waals surface area contributed by atoms with E-state index in [2.05, 4.69) is 165 Å². The fraction of sp³-hybridized carbons (Fsp3) is 0.500. The van der Waals surface area contributed by atoms with Crippen molar-refractivity contribution in [3.05, 3.63) is 126 Å². The first-order valence-electron chi connectivity index (χ1n) is 22.0. The average Bonchev–Trinajstić information content (AvgIpc) is 3.22. The highest BCUT2D eigenvalue weighted by atomic mass is 31.2. The summed E-state index contributed by atoms with van der Waals surface area (Å²) in [6, 6.07) is 33.9. The Balaban J connectivity index is 0.000000257. The maximum atomic E-state index is 10.6. The molecule has 4 aromatic carbocycles. The first-order chi connectivity index (χ1) is 27.9. The average molecular weight is 809 g/mol. The molecule has 1 aliphatic heterocycles. The molecule has 58 heavy (non-hydrogen) atoms. The zero-order valence-electron chi connectivity index (χ0n) is 37.3. The van der Waals surface area contributed by atoms with E-state index in [-0.39, 0.29) is 12.2 Å². The molecule has 0 radical (unpaired) electrons. The second-order valence-electron chi connectivity index (χ2n) is 17.0. The Morgan fingerprint density at radius 2 is 1.29 bits per heavy atom. The van der Waals surface area contributed by atoms with Gasteiger partial charge in [-0.05, 0) is 138 Å². The zero-order valence-corrected chi connectivity index (χ0v) is 38.2. The topological polar surface area (TPSA) is 60.0 Å². The molecule has 316 valence electrons. The van der Waals surface area contributed by atoms with Crippen molar-refractivity contribution >= 4 is 23.2 Å². The lowest BCUT2D eigenvalue weighted by molar-refractivity contribution is -0.434. The van der Waals surface area contributed by atoms with Crippen molar-refractivity contribution in [2.75, 3.05) is 13.2 Å². The number of rotatable bonds is 21. The molecule has 0 aliphatic carbocycles. The Bertz CT molecular complexity index is 1710. The monoisotopic (exact) mass is 809 g/mol. The molecule has 0 amide bonds. The van der Waals surface area contributed by atoms with Crippen LogP contribution in [0.15, 0.2) is 104 Å². The highest BCUT2D eigenvalue weighted by Crippen LogP contribution is 2.61. The number of fused-ring (bicyclic) bond motifs is 1. The molecule has 0 saturated heterocycles. The lowest BCUT2D eigenvalue weighted by Crippen LogP contribution is -2.37. The van der Waals surface area contributed by atoms with Crippen LogP contribution < -0.4 is 30.5 Å². The fourth-order valence-electron chi connectivity index (χ4n) is 8.78. The van der Waals surface area contributed by atoms with E-state index < -0.39 is 13.2 Å². The molecule has 4 atom stereocenters. The van der Waals surface area contributed by atoms with Crippen molar-refractivity contribution < 1.29 is 24.4 Å². The molecule has 5 nitrogen and oxygen atoms in total. The zero-order chi connectivity index (χ0) is 42.1. The van der Waals surface area contributed by atoms with Crippen LogP contribution >= 0.6 is 7.26 Å². The van der Waals surface area contributed by atoms with Gasteiger partial charge in [0.2, 0.25) is 0 Å². The molecule has 1 aliphatic rings. The molecule has 5 rings (SSSR count). The standard InChI is InChI=1S/C28H36P.C24H38O5/c1-4-15-24(2)16-14-17-25(3)29(26-18-8-5-9-19-26,27-20-10-6-11-21-27)28-22-12-7-13-23-28;1-8-16(2)10-9-12-24(7)13-11-21-19(5)22(17(3)18(4)23(21)28-24)26-14-15-27-29-20(6)25/h5-13,18-25H,4,14-17H2,1-3H3;16,25H,6,8-15H2,1-5,7H3/q+1;/p-1. The molecule has 0 bridgehead atoms. The third-order valence-corrected chi connectivity index (χ3v) is 17.4. The molecule has 0 aromatic heterocycles. The molecule has 0 spiro atoms. The SMILES string of the molecule is C=C([O-])OOCCOc1c(C)c(C)c2c(c1C)CCC(C)(CCCC(C)CC)O2.CCCC(C)CCCC(C)[P+](c1ccccc1)(c1ccccc1)c1ccccc1. The summed E-state index contributed by atoms with van der Waals surface area (Å²) in [5, 5.41) is 15.2. The molecule has 4 aromatic rings. The minimum atomic E-state index is -1.72. The van der Waals surface area contributed by atoms with Crippen LogP contribution in [0.25, 0.3) is 0 Å². The Labute approximate surface area is 352 Å². The van der Waals surface area contributed by atoms with E-state index in [9.17, 15) is 5.11 Å². The molecule has 6 heteroatoms. The van der Waals surface area contributed by atoms with Crippen LogP contribution in [-0.2, 0) is 16.2 Å². The predicted octanol–water partition coefficient (Wildman–Crippen LogP) is 12.0. The smallest absolute Gasteiger partial charge is 0.127 e. The highest BCUT2D eigenvalue weighted by Gasteiger charge is 2.49. The van der Waals surface area contributed by atoms with Gasteiger partial charge in [0.15, 0.2) is 0 Å². The minimum Gasteiger partial charge on any atom is -0.545 e. The van der Waals surface area contributed by atoms with Crippen LogP contribution in [0.3, 0.4) is 0 Å². The van der Waals surface area contributed by atoms with E-state index in [4.69, 9.17) is 14.4 Å². The van der Waals surface area contributed by atoms with E-state index in [1.54, 1.807) is 0 Å². The van der Waals surface area contributed by atoms with Gasteiger partial charge in [0, 0.05) is 5.56 Å². The van der Waals surface area contributed by atoms with E-state index in [1.165, 1.54) is 72.8 Å². The van der Waals surface area contributed by atoms with Gasteiger partial charge in [-0.2, -0.15) is 0 Å². The van der Waals surface area contributed by atoms with E-state index >= 15 is 0 Å². The summed E-state index contributed by atoms with van der Waals surface area (Å²) < 4.78 is 12.6. The minimum absolute atomic E-state index is 0.0988. The lowest BCUT2D eigenvalue weighted by atomic mass is 9.84. The number of ether oxygens (including phenoxy) is 2. The van der Waals surface area contributed by atoms with Crippen LogP contribution in [0.5, 0.6) is 11.5 Å². The van der Waals surface area contributed by atoms with Gasteiger partial charge in [-0.15, -0.1) is 0 Å². The van der Waals surface area contributed by atoms with Crippen LogP contribution in [-0.4, -0.2) is 24.5 Å². The summed E-state index contributed by atoms with van der Waals surface area (Å²) in [6.07, 6.45) is 13.4. The van der Waals surface area contributed by atoms with Crippen LogP contribution in [0.4, 0.5) is 0 Å². The second-order valence-corrected chi connectivity index (χ2v) is 20.9. The lowest BCUT2D eigenvalue weighted by Gasteiger charge is -2.38. The molecule has 1 heterocycles. The molecule has 4 unspecified atom stereocenters. The van der Waals surface area contributed by atoms with E-state index in [0.29, 0.717) is 12.3 Å². The van der Waals surface area contributed by atoms with Gasteiger partial charge in [0.1, 0.15) is 53.5 Å². The summed E-state index contributed by atoms with van der Waals surface area (Å²) in [4.78, 5) is 9.15. The van der Waals surface area contributed by atoms with Crippen molar-refractivity contribution in [3.8, 4) is 11.5 Å². The maximum Gasteiger partial charge on any atom is 0.127 e. The number of benzene rings is 4. The second kappa shape index (κ2) is 23.1. The highest BCUT2D eigenvalue weighted by molar-refractivity contribution is 7.96. The van der Waals surface area contributed by atoms with Gasteiger partial charge in [-0.3, -0.25) is 4.89 Å². The molecular formula is C52H73O5P. The van der Waals surface area contributed by atoms with E-state index in [1.807, 2.05) is 0 Å². The first kappa shape index (κ1) is 46.9. The third kappa shape index (κ3) is 12.4. The van der Waals surface area contributed by atoms with Gasteiger partial charge in [0.25, 0.3) is 0 Å². The van der Waals surface area contributed by atoms with Gasteiger partial charge >= 0.3 is 0 Å².